The third kappa shape index (κ3) is 4.33. The van der Waals surface area contributed by atoms with Gasteiger partial charge in [-0.25, -0.2) is 0 Å². The number of hydrogen-bond acceptors (Lipinski definition) is 8. The van der Waals surface area contributed by atoms with Crippen molar-refractivity contribution >= 4 is 0 Å². The van der Waals surface area contributed by atoms with Gasteiger partial charge in [-0.05, 0) is 0 Å². The van der Waals surface area contributed by atoms with Gasteiger partial charge in [-0.1, -0.05) is 0 Å². The van der Waals surface area contributed by atoms with Crippen LogP contribution >= 0.6 is 0 Å². The Kier molecular flexibility index (Phi) is 7.11. The van der Waals surface area contributed by atoms with Gasteiger partial charge in [0.25, 0.3) is 0 Å². The monoisotopic (exact) mass is 282 g/mol. The minimum absolute atomic E-state index is 0.00419. The lowest BCUT2D eigenvalue weighted by atomic mass is 9.92. The van der Waals surface area contributed by atoms with Crippen LogP contribution in [0.5, 0.6) is 0 Å². The molecular weight excluding hydrogens is 260 g/mol. The first-order valence-electron chi connectivity index (χ1n) is 6.15. The van der Waals surface area contributed by atoms with E-state index >= 15 is 0 Å². The molecule has 0 radical (unpaired) electrons. The molecule has 0 amide bonds. The van der Waals surface area contributed by atoms with Crippen molar-refractivity contribution in [2.45, 2.75) is 30.5 Å². The van der Waals surface area contributed by atoms with Crippen LogP contribution in [-0.4, -0.2) is 94.2 Å². The second-order valence-electron chi connectivity index (χ2n) is 4.61. The summed E-state index contributed by atoms with van der Waals surface area (Å²) < 4.78 is 10.4. The molecule has 8 heteroatoms. The lowest BCUT2D eigenvalue weighted by Gasteiger charge is -2.36. The van der Waals surface area contributed by atoms with Crippen LogP contribution in [0.2, 0.25) is 0 Å². The third-order valence-electron chi connectivity index (χ3n) is 3.19. The Balaban J connectivity index is 2.69. The maximum absolute atomic E-state index is 9.91. The Morgan fingerprint density at radius 1 is 0.947 bits per heavy atom. The molecule has 0 aromatic rings. The number of ether oxygens (including phenoxy) is 2. The molecule has 0 aliphatic carbocycles. The first-order valence-corrected chi connectivity index (χ1v) is 6.15. The van der Waals surface area contributed by atoms with Crippen LogP contribution in [0.25, 0.3) is 0 Å². The van der Waals surface area contributed by atoms with Crippen molar-refractivity contribution in [3.63, 3.8) is 0 Å². The normalized spacial score (nSPS) is 37.1. The average molecular weight is 282 g/mol. The highest BCUT2D eigenvalue weighted by atomic mass is 16.6. The van der Waals surface area contributed by atoms with E-state index < -0.39 is 49.7 Å². The van der Waals surface area contributed by atoms with Crippen molar-refractivity contribution in [2.75, 3.05) is 33.0 Å². The van der Waals surface area contributed by atoms with E-state index in [1.165, 1.54) is 0 Å². The zero-order valence-electron chi connectivity index (χ0n) is 10.5. The highest BCUT2D eigenvalue weighted by Gasteiger charge is 2.39. The largest absolute Gasteiger partial charge is 0.396 e. The van der Waals surface area contributed by atoms with Crippen LogP contribution in [0.15, 0.2) is 0 Å². The highest BCUT2D eigenvalue weighted by Crippen LogP contribution is 2.19. The molecule has 6 N–H and O–H groups in total. The second kappa shape index (κ2) is 8.08. The molecule has 0 bridgehead atoms. The van der Waals surface area contributed by atoms with Crippen LogP contribution in [0, 0.1) is 5.92 Å². The molecule has 0 aromatic heterocycles. The standard InChI is InChI=1S/C11H22O8/c12-1-6-4-18-5-8(19-7(2-13)3-14)10(16)11(17)9(6)15/h6-17H,1-5H2. The van der Waals surface area contributed by atoms with Gasteiger partial charge < -0.3 is 40.1 Å². The van der Waals surface area contributed by atoms with Crippen LogP contribution in [0.4, 0.5) is 0 Å². The average Bonchev–Trinajstić information content (AvgIpc) is 2.43. The number of hydrogen-bond donors (Lipinski definition) is 6. The van der Waals surface area contributed by atoms with Crippen molar-refractivity contribution in [3.8, 4) is 0 Å². The van der Waals surface area contributed by atoms with Crippen molar-refractivity contribution < 1.29 is 40.1 Å². The quantitative estimate of drug-likeness (QED) is 0.304. The van der Waals surface area contributed by atoms with Crippen LogP contribution < -0.4 is 0 Å². The van der Waals surface area contributed by atoms with Crippen molar-refractivity contribution in [3.05, 3.63) is 0 Å². The first kappa shape index (κ1) is 16.7. The Hall–Kier alpha value is -0.320. The van der Waals surface area contributed by atoms with Gasteiger partial charge in [0.2, 0.25) is 0 Å². The van der Waals surface area contributed by atoms with E-state index in [4.69, 9.17) is 24.8 Å². The summed E-state index contributed by atoms with van der Waals surface area (Å²) in [5.74, 6) is -0.697. The van der Waals surface area contributed by atoms with Crippen molar-refractivity contribution in [1.82, 2.24) is 0 Å². The van der Waals surface area contributed by atoms with E-state index in [-0.39, 0.29) is 19.8 Å². The maximum atomic E-state index is 9.91. The summed E-state index contributed by atoms with van der Waals surface area (Å²) in [5.41, 5.74) is 0. The number of aliphatic hydroxyl groups excluding tert-OH is 6. The molecule has 1 fully saturated rings. The van der Waals surface area contributed by atoms with Gasteiger partial charge in [0.05, 0.1) is 39.1 Å². The van der Waals surface area contributed by atoms with Gasteiger partial charge in [0.15, 0.2) is 0 Å². The molecule has 0 aromatic carbocycles. The molecule has 0 saturated carbocycles. The molecule has 19 heavy (non-hydrogen) atoms. The molecular formula is C11H22O8. The summed E-state index contributed by atoms with van der Waals surface area (Å²) in [5, 5.41) is 56.4. The topological polar surface area (TPSA) is 140 Å². The third-order valence-corrected chi connectivity index (χ3v) is 3.19. The first-order chi connectivity index (χ1) is 9.04. The van der Waals surface area contributed by atoms with Gasteiger partial charge in [0.1, 0.15) is 24.4 Å². The Morgan fingerprint density at radius 2 is 1.58 bits per heavy atom. The molecule has 5 atom stereocenters. The minimum Gasteiger partial charge on any atom is -0.396 e. The van der Waals surface area contributed by atoms with Crippen molar-refractivity contribution in [2.24, 2.45) is 5.92 Å². The molecule has 1 rings (SSSR count). The van der Waals surface area contributed by atoms with Crippen molar-refractivity contribution in [1.29, 1.82) is 0 Å². The minimum atomic E-state index is -1.51. The predicted molar refractivity (Wildman–Crippen MR) is 62.2 cm³/mol. The van der Waals surface area contributed by atoms with E-state index in [1.54, 1.807) is 0 Å². The summed E-state index contributed by atoms with van der Waals surface area (Å²) in [4.78, 5) is 0. The molecule has 5 unspecified atom stereocenters. The van der Waals surface area contributed by atoms with Gasteiger partial charge >= 0.3 is 0 Å². The fourth-order valence-corrected chi connectivity index (χ4v) is 1.91. The fraction of sp³-hybridized carbons (Fsp3) is 1.00. The SMILES string of the molecule is OCC(CO)OC1COCC(CO)C(O)C(O)C1O. The van der Waals surface area contributed by atoms with E-state index in [2.05, 4.69) is 0 Å². The molecule has 1 aliphatic rings. The summed E-state index contributed by atoms with van der Waals surface area (Å²) in [7, 11) is 0. The van der Waals surface area contributed by atoms with Crippen LogP contribution in [0.1, 0.15) is 0 Å². The number of aliphatic hydroxyl groups is 6. The molecule has 1 heterocycles. The zero-order valence-corrected chi connectivity index (χ0v) is 10.5. The van der Waals surface area contributed by atoms with Crippen LogP contribution in [0.3, 0.4) is 0 Å². The second-order valence-corrected chi connectivity index (χ2v) is 4.61. The Labute approximate surface area is 110 Å². The highest BCUT2D eigenvalue weighted by molar-refractivity contribution is 4.88. The summed E-state index contributed by atoms with van der Waals surface area (Å²) in [6, 6.07) is 0. The Bertz CT molecular complexity index is 247. The smallest absolute Gasteiger partial charge is 0.111 e. The summed E-state index contributed by atoms with van der Waals surface area (Å²) in [6.07, 6.45) is -6.21. The zero-order chi connectivity index (χ0) is 14.4. The summed E-state index contributed by atoms with van der Waals surface area (Å²) in [6.45, 7) is -1.36. The van der Waals surface area contributed by atoms with E-state index in [1.807, 2.05) is 0 Å². The van der Waals surface area contributed by atoms with E-state index in [9.17, 15) is 15.3 Å². The predicted octanol–water partition coefficient (Wildman–Crippen LogP) is -3.55. The maximum Gasteiger partial charge on any atom is 0.111 e. The molecule has 114 valence electrons. The van der Waals surface area contributed by atoms with E-state index in [0.717, 1.165) is 0 Å². The van der Waals surface area contributed by atoms with Gasteiger partial charge in [0, 0.05) is 5.92 Å². The number of rotatable bonds is 5. The van der Waals surface area contributed by atoms with Crippen LogP contribution in [-0.2, 0) is 9.47 Å². The van der Waals surface area contributed by atoms with Gasteiger partial charge in [-0.15, -0.1) is 0 Å². The lowest BCUT2D eigenvalue weighted by Crippen LogP contribution is -2.54. The van der Waals surface area contributed by atoms with Gasteiger partial charge in [-0.2, -0.15) is 0 Å². The summed E-state index contributed by atoms with van der Waals surface area (Å²) >= 11 is 0. The van der Waals surface area contributed by atoms with Gasteiger partial charge in [-0.3, -0.25) is 0 Å². The molecule has 1 saturated heterocycles. The fourth-order valence-electron chi connectivity index (χ4n) is 1.91. The molecule has 8 nitrogen and oxygen atoms in total. The Morgan fingerprint density at radius 3 is 2.11 bits per heavy atom. The molecule has 1 aliphatic heterocycles. The lowest BCUT2D eigenvalue weighted by molar-refractivity contribution is -0.196. The molecule has 0 spiro atoms. The van der Waals surface area contributed by atoms with E-state index in [0.29, 0.717) is 0 Å².